The Morgan fingerprint density at radius 3 is 2.36 bits per heavy atom. The molecule has 0 bridgehead atoms. The number of hydrogen-bond donors (Lipinski definition) is 0. The molecule has 0 amide bonds. The zero-order valence-electron chi connectivity index (χ0n) is 8.99. The molecule has 1 unspecified atom stereocenters. The van der Waals surface area contributed by atoms with E-state index in [2.05, 4.69) is 6.92 Å². The molecule has 0 saturated carbocycles. The van der Waals surface area contributed by atoms with E-state index in [1.807, 2.05) is 37.3 Å². The molecule has 0 heterocycles. The quantitative estimate of drug-likeness (QED) is 0.694. The van der Waals surface area contributed by atoms with Gasteiger partial charge in [-0.3, -0.25) is 4.79 Å². The van der Waals surface area contributed by atoms with Gasteiger partial charge in [-0.05, 0) is 12.0 Å². The van der Waals surface area contributed by atoms with Gasteiger partial charge in [-0.2, -0.15) is 0 Å². The van der Waals surface area contributed by atoms with E-state index in [0.717, 1.165) is 12.8 Å². The second-order valence-corrected chi connectivity index (χ2v) is 3.57. The third-order valence-electron chi connectivity index (χ3n) is 2.52. The number of hydrogen-bond acceptors (Lipinski definition) is 1. The summed E-state index contributed by atoms with van der Waals surface area (Å²) < 4.78 is 0. The Kier molecular flexibility index (Phi) is 4.37. The van der Waals surface area contributed by atoms with Crippen molar-refractivity contribution in [2.24, 2.45) is 0 Å². The zero-order chi connectivity index (χ0) is 10.4. The molecule has 1 aromatic carbocycles. The maximum atomic E-state index is 11.7. The van der Waals surface area contributed by atoms with Crippen LogP contribution in [-0.2, 0) is 4.79 Å². The van der Waals surface area contributed by atoms with E-state index in [4.69, 9.17) is 0 Å². The van der Waals surface area contributed by atoms with Crippen LogP contribution in [0, 0.1) is 0 Å². The van der Waals surface area contributed by atoms with Crippen molar-refractivity contribution in [3.63, 3.8) is 0 Å². The third-order valence-corrected chi connectivity index (χ3v) is 2.52. The summed E-state index contributed by atoms with van der Waals surface area (Å²) in [5.74, 6) is 0.476. The third kappa shape index (κ3) is 2.69. The number of Topliss-reactive ketones (excluding diaryl/α,β-unsaturated/α-hetero) is 1. The van der Waals surface area contributed by atoms with Crippen LogP contribution in [-0.4, -0.2) is 5.78 Å². The van der Waals surface area contributed by atoms with Crippen LogP contribution in [0.2, 0.25) is 0 Å². The fraction of sp³-hybridized carbons (Fsp3) is 0.462. The molecule has 1 aromatic rings. The number of carbonyl (C=O) groups excluding carboxylic acids is 1. The smallest absolute Gasteiger partial charge is 0.140 e. The van der Waals surface area contributed by atoms with Gasteiger partial charge in [0.25, 0.3) is 0 Å². The summed E-state index contributed by atoms with van der Waals surface area (Å²) in [7, 11) is 0. The zero-order valence-corrected chi connectivity index (χ0v) is 8.99. The fourth-order valence-corrected chi connectivity index (χ4v) is 1.73. The van der Waals surface area contributed by atoms with Crippen molar-refractivity contribution in [3.8, 4) is 0 Å². The van der Waals surface area contributed by atoms with E-state index in [0.29, 0.717) is 12.2 Å². The summed E-state index contributed by atoms with van der Waals surface area (Å²) in [6.07, 6.45) is 2.67. The topological polar surface area (TPSA) is 17.1 Å². The SMILES string of the molecule is CCCC(C(=O)CC)c1ccccc1. The van der Waals surface area contributed by atoms with Gasteiger partial charge in [0, 0.05) is 12.3 Å². The summed E-state index contributed by atoms with van der Waals surface area (Å²) in [5, 5.41) is 0. The molecule has 0 aliphatic rings. The van der Waals surface area contributed by atoms with Crippen LogP contribution < -0.4 is 0 Å². The van der Waals surface area contributed by atoms with E-state index in [-0.39, 0.29) is 5.92 Å². The second-order valence-electron chi connectivity index (χ2n) is 3.57. The molecule has 0 aromatic heterocycles. The molecule has 1 atom stereocenters. The van der Waals surface area contributed by atoms with Crippen molar-refractivity contribution in [2.75, 3.05) is 0 Å². The number of ketones is 1. The van der Waals surface area contributed by atoms with Gasteiger partial charge in [0.2, 0.25) is 0 Å². The highest BCUT2D eigenvalue weighted by Gasteiger charge is 2.16. The summed E-state index contributed by atoms with van der Waals surface area (Å²) in [5.41, 5.74) is 1.17. The van der Waals surface area contributed by atoms with Gasteiger partial charge in [0.1, 0.15) is 5.78 Å². The Morgan fingerprint density at radius 1 is 1.21 bits per heavy atom. The average Bonchev–Trinajstić information content (AvgIpc) is 2.26. The molecule has 1 rings (SSSR count). The Morgan fingerprint density at radius 2 is 1.86 bits per heavy atom. The summed E-state index contributed by atoms with van der Waals surface area (Å²) in [6, 6.07) is 10.1. The maximum absolute atomic E-state index is 11.7. The predicted octanol–water partition coefficient (Wildman–Crippen LogP) is 3.55. The van der Waals surface area contributed by atoms with Crippen LogP contribution >= 0.6 is 0 Å². The van der Waals surface area contributed by atoms with E-state index in [1.165, 1.54) is 5.56 Å². The van der Waals surface area contributed by atoms with Gasteiger partial charge in [0.15, 0.2) is 0 Å². The van der Waals surface area contributed by atoms with E-state index in [9.17, 15) is 4.79 Å². The van der Waals surface area contributed by atoms with E-state index < -0.39 is 0 Å². The lowest BCUT2D eigenvalue weighted by atomic mass is 9.89. The minimum absolute atomic E-state index is 0.117. The van der Waals surface area contributed by atoms with Crippen LogP contribution in [0.1, 0.15) is 44.6 Å². The van der Waals surface area contributed by atoms with Crippen LogP contribution in [0.3, 0.4) is 0 Å². The van der Waals surface area contributed by atoms with Crippen molar-refractivity contribution in [1.82, 2.24) is 0 Å². The van der Waals surface area contributed by atoms with Crippen molar-refractivity contribution in [3.05, 3.63) is 35.9 Å². The van der Waals surface area contributed by atoms with Crippen molar-refractivity contribution < 1.29 is 4.79 Å². The normalized spacial score (nSPS) is 12.4. The highest BCUT2D eigenvalue weighted by molar-refractivity contribution is 5.85. The molecule has 0 aliphatic heterocycles. The monoisotopic (exact) mass is 190 g/mol. The minimum Gasteiger partial charge on any atom is -0.299 e. The molecule has 0 fully saturated rings. The molecule has 0 spiro atoms. The van der Waals surface area contributed by atoms with Crippen LogP contribution in [0.4, 0.5) is 0 Å². The Hall–Kier alpha value is -1.11. The van der Waals surface area contributed by atoms with Gasteiger partial charge in [-0.1, -0.05) is 50.6 Å². The Labute approximate surface area is 86.1 Å². The highest BCUT2D eigenvalue weighted by Crippen LogP contribution is 2.23. The number of benzene rings is 1. The second kappa shape index (κ2) is 5.58. The lowest BCUT2D eigenvalue weighted by Gasteiger charge is -2.14. The molecule has 76 valence electrons. The molecular formula is C13H18O. The first-order valence-corrected chi connectivity index (χ1v) is 5.37. The highest BCUT2D eigenvalue weighted by atomic mass is 16.1. The summed E-state index contributed by atoms with van der Waals surface area (Å²) in [4.78, 5) is 11.7. The minimum atomic E-state index is 0.117. The number of carbonyl (C=O) groups is 1. The van der Waals surface area contributed by atoms with Crippen molar-refractivity contribution in [1.29, 1.82) is 0 Å². The summed E-state index contributed by atoms with van der Waals surface area (Å²) in [6.45, 7) is 4.06. The van der Waals surface area contributed by atoms with E-state index >= 15 is 0 Å². The number of rotatable bonds is 5. The van der Waals surface area contributed by atoms with Gasteiger partial charge in [-0.25, -0.2) is 0 Å². The molecular weight excluding hydrogens is 172 g/mol. The lowest BCUT2D eigenvalue weighted by molar-refractivity contribution is -0.120. The predicted molar refractivity (Wildman–Crippen MR) is 59.4 cm³/mol. The van der Waals surface area contributed by atoms with Crippen molar-refractivity contribution in [2.45, 2.75) is 39.0 Å². The molecule has 1 heteroatoms. The first kappa shape index (κ1) is 11.0. The molecule has 14 heavy (non-hydrogen) atoms. The maximum Gasteiger partial charge on any atom is 0.140 e. The molecule has 0 radical (unpaired) electrons. The van der Waals surface area contributed by atoms with E-state index in [1.54, 1.807) is 0 Å². The van der Waals surface area contributed by atoms with Crippen molar-refractivity contribution >= 4 is 5.78 Å². The van der Waals surface area contributed by atoms with Gasteiger partial charge in [0.05, 0.1) is 0 Å². The lowest BCUT2D eigenvalue weighted by Crippen LogP contribution is -2.11. The Bertz CT molecular complexity index is 277. The standard InChI is InChI=1S/C13H18O/c1-3-8-12(13(14)4-2)11-9-6-5-7-10-11/h5-7,9-10,12H,3-4,8H2,1-2H3. The van der Waals surface area contributed by atoms with Gasteiger partial charge < -0.3 is 0 Å². The first-order valence-electron chi connectivity index (χ1n) is 5.37. The molecule has 0 aliphatic carbocycles. The Balaban J connectivity index is 2.83. The van der Waals surface area contributed by atoms with Gasteiger partial charge in [-0.15, -0.1) is 0 Å². The van der Waals surface area contributed by atoms with Crippen LogP contribution in [0.15, 0.2) is 30.3 Å². The van der Waals surface area contributed by atoms with Crippen LogP contribution in [0.25, 0.3) is 0 Å². The summed E-state index contributed by atoms with van der Waals surface area (Å²) >= 11 is 0. The molecule has 1 nitrogen and oxygen atoms in total. The largest absolute Gasteiger partial charge is 0.299 e. The van der Waals surface area contributed by atoms with Crippen LogP contribution in [0.5, 0.6) is 0 Å². The average molecular weight is 190 g/mol. The fourth-order valence-electron chi connectivity index (χ4n) is 1.73. The molecule has 0 saturated heterocycles. The molecule has 0 N–H and O–H groups in total. The van der Waals surface area contributed by atoms with Gasteiger partial charge >= 0.3 is 0 Å². The first-order chi connectivity index (χ1) is 6.79.